The molecule has 0 saturated heterocycles. The van der Waals surface area contributed by atoms with Crippen molar-refractivity contribution in [2.24, 2.45) is 0 Å². The van der Waals surface area contributed by atoms with Crippen LogP contribution in [0.15, 0.2) is 22.7 Å². The Balaban J connectivity index is 3.02. The number of benzene rings is 1. The van der Waals surface area contributed by atoms with Gasteiger partial charge in [0.2, 0.25) is 0 Å². The molecule has 0 heterocycles. The first-order valence-corrected chi connectivity index (χ1v) is 6.96. The molecular weight excluding hydrogens is 399 g/mol. The summed E-state index contributed by atoms with van der Waals surface area (Å²) in [4.78, 5) is 11.5. The van der Waals surface area contributed by atoms with Crippen LogP contribution in [0.5, 0.6) is 0 Å². The zero-order valence-electron chi connectivity index (χ0n) is 6.94. The fourth-order valence-electron chi connectivity index (χ4n) is 0.928. The molecule has 0 aliphatic rings. The fraction of sp³-hybridized carbons (Fsp3) is 0.222. The average Bonchev–Trinajstić information content (AvgIpc) is 2.15. The van der Waals surface area contributed by atoms with Crippen molar-refractivity contribution in [1.29, 1.82) is 0 Å². The van der Waals surface area contributed by atoms with Crippen LogP contribution in [0.1, 0.15) is 10.4 Å². The van der Waals surface area contributed by atoms with Gasteiger partial charge < -0.3 is 0 Å². The van der Waals surface area contributed by atoms with Gasteiger partial charge in [-0.1, -0.05) is 59.4 Å². The number of alkyl halides is 2. The highest BCUT2D eigenvalue weighted by molar-refractivity contribution is 9.12. The molecule has 0 aliphatic carbocycles. The zero-order chi connectivity index (χ0) is 10.7. The third kappa shape index (κ3) is 3.05. The lowest BCUT2D eigenvalue weighted by Gasteiger charge is -2.07. The molecule has 0 amide bonds. The van der Waals surface area contributed by atoms with Crippen LogP contribution in [-0.2, 0) is 0 Å². The molecule has 1 nitrogen and oxygen atoms in total. The van der Waals surface area contributed by atoms with Gasteiger partial charge in [-0.05, 0) is 18.2 Å². The number of hydrogen-bond acceptors (Lipinski definition) is 1. The maximum Gasteiger partial charge on any atom is 0.178 e. The zero-order valence-corrected chi connectivity index (χ0v) is 12.5. The van der Waals surface area contributed by atoms with E-state index in [2.05, 4.69) is 47.8 Å². The fourth-order valence-corrected chi connectivity index (χ4v) is 2.24. The quantitative estimate of drug-likeness (QED) is 0.537. The van der Waals surface area contributed by atoms with Gasteiger partial charge in [0.15, 0.2) is 5.78 Å². The normalized spacial score (nSPS) is 12.6. The van der Waals surface area contributed by atoms with E-state index in [0.29, 0.717) is 15.9 Å². The predicted octanol–water partition coefficient (Wildman–Crippen LogP) is 4.44. The second kappa shape index (κ2) is 5.64. The summed E-state index contributed by atoms with van der Waals surface area (Å²) in [6, 6.07) is 5.22. The van der Waals surface area contributed by atoms with Gasteiger partial charge in [-0.3, -0.25) is 4.79 Å². The van der Waals surface area contributed by atoms with Crippen LogP contribution in [0.2, 0.25) is 5.02 Å². The van der Waals surface area contributed by atoms with Crippen LogP contribution >= 0.6 is 59.4 Å². The lowest BCUT2D eigenvalue weighted by molar-refractivity contribution is 0.0997. The van der Waals surface area contributed by atoms with E-state index in [1.165, 1.54) is 0 Å². The SMILES string of the molecule is O=C(c1ccc(Br)cc1Cl)C(Br)CBr. The van der Waals surface area contributed by atoms with E-state index in [0.717, 1.165) is 4.47 Å². The van der Waals surface area contributed by atoms with E-state index in [-0.39, 0.29) is 10.6 Å². The smallest absolute Gasteiger partial charge is 0.178 e. The molecule has 1 aromatic carbocycles. The minimum absolute atomic E-state index is 0.0145. The third-order valence-corrected chi connectivity index (χ3v) is 4.68. The monoisotopic (exact) mass is 402 g/mol. The topological polar surface area (TPSA) is 17.1 Å². The maximum absolute atomic E-state index is 11.7. The van der Waals surface area contributed by atoms with E-state index in [1.54, 1.807) is 18.2 Å². The Bertz CT molecular complexity index is 354. The molecule has 1 aromatic rings. The lowest BCUT2D eigenvalue weighted by Crippen LogP contribution is -2.15. The number of rotatable bonds is 3. The van der Waals surface area contributed by atoms with Crippen molar-refractivity contribution >= 4 is 65.2 Å². The first-order valence-electron chi connectivity index (χ1n) is 3.75. The van der Waals surface area contributed by atoms with Gasteiger partial charge in [-0.25, -0.2) is 0 Å². The Kier molecular flexibility index (Phi) is 5.11. The first kappa shape index (κ1) is 12.7. The number of halogens is 4. The van der Waals surface area contributed by atoms with Crippen molar-refractivity contribution < 1.29 is 4.79 Å². The molecule has 76 valence electrons. The van der Waals surface area contributed by atoms with Crippen LogP contribution in [-0.4, -0.2) is 15.9 Å². The average molecular weight is 405 g/mol. The van der Waals surface area contributed by atoms with Crippen LogP contribution < -0.4 is 0 Å². The van der Waals surface area contributed by atoms with Crippen LogP contribution in [0.25, 0.3) is 0 Å². The molecule has 0 saturated carbocycles. The van der Waals surface area contributed by atoms with Crippen molar-refractivity contribution in [3.63, 3.8) is 0 Å². The lowest BCUT2D eigenvalue weighted by atomic mass is 10.1. The molecule has 0 fully saturated rings. The summed E-state index contributed by atoms with van der Waals surface area (Å²) in [6.07, 6.45) is 0. The molecule has 0 aliphatic heterocycles. The standard InChI is InChI=1S/C9H6Br3ClO/c10-4-7(12)9(14)6-2-1-5(11)3-8(6)13/h1-3,7H,4H2. The summed E-state index contributed by atoms with van der Waals surface area (Å²) in [6.45, 7) is 0. The summed E-state index contributed by atoms with van der Waals surface area (Å²) >= 11 is 15.7. The van der Waals surface area contributed by atoms with E-state index in [1.807, 2.05) is 0 Å². The molecular formula is C9H6Br3ClO. The molecule has 0 spiro atoms. The Hall–Kier alpha value is 0.620. The second-order valence-corrected chi connectivity index (χ2v) is 5.69. The van der Waals surface area contributed by atoms with E-state index < -0.39 is 0 Å². The van der Waals surface area contributed by atoms with Gasteiger partial charge >= 0.3 is 0 Å². The van der Waals surface area contributed by atoms with Gasteiger partial charge in [0.1, 0.15) is 0 Å². The Morgan fingerprint density at radius 1 is 1.50 bits per heavy atom. The Labute approximate surface area is 113 Å². The summed E-state index contributed by atoms with van der Waals surface area (Å²) in [5, 5.41) is 1.04. The second-order valence-electron chi connectivity index (χ2n) is 2.61. The number of ketones is 1. The summed E-state index contributed by atoms with van der Waals surface area (Å²) in [7, 11) is 0. The molecule has 0 aromatic heterocycles. The predicted molar refractivity (Wildman–Crippen MR) is 70.0 cm³/mol. The summed E-state index contributed by atoms with van der Waals surface area (Å²) in [5.41, 5.74) is 0.538. The van der Waals surface area contributed by atoms with Crippen molar-refractivity contribution in [2.45, 2.75) is 4.83 Å². The minimum Gasteiger partial charge on any atom is -0.293 e. The van der Waals surface area contributed by atoms with E-state index in [4.69, 9.17) is 11.6 Å². The van der Waals surface area contributed by atoms with Gasteiger partial charge in [0.25, 0.3) is 0 Å². The Morgan fingerprint density at radius 2 is 2.14 bits per heavy atom. The molecule has 1 atom stereocenters. The van der Waals surface area contributed by atoms with Gasteiger partial charge in [0, 0.05) is 15.4 Å². The number of carbonyl (C=O) groups excluding carboxylic acids is 1. The van der Waals surface area contributed by atoms with Crippen molar-refractivity contribution in [1.82, 2.24) is 0 Å². The number of Topliss-reactive ketones (excluding diaryl/α,β-unsaturated/α-hetero) is 1. The number of hydrogen-bond donors (Lipinski definition) is 0. The molecule has 1 unspecified atom stereocenters. The highest BCUT2D eigenvalue weighted by atomic mass is 79.9. The maximum atomic E-state index is 11.7. The van der Waals surface area contributed by atoms with Gasteiger partial charge in [-0.15, -0.1) is 0 Å². The van der Waals surface area contributed by atoms with Gasteiger partial charge in [0.05, 0.1) is 9.85 Å². The van der Waals surface area contributed by atoms with Gasteiger partial charge in [-0.2, -0.15) is 0 Å². The first-order chi connectivity index (χ1) is 6.56. The van der Waals surface area contributed by atoms with Crippen molar-refractivity contribution in [2.75, 3.05) is 5.33 Å². The van der Waals surface area contributed by atoms with Crippen LogP contribution in [0.4, 0.5) is 0 Å². The van der Waals surface area contributed by atoms with Crippen LogP contribution in [0, 0.1) is 0 Å². The van der Waals surface area contributed by atoms with E-state index in [9.17, 15) is 4.79 Å². The molecule has 5 heteroatoms. The molecule has 0 radical (unpaired) electrons. The number of carbonyl (C=O) groups is 1. The summed E-state index contributed by atoms with van der Waals surface area (Å²) in [5.74, 6) is -0.0145. The van der Waals surface area contributed by atoms with Crippen LogP contribution in [0.3, 0.4) is 0 Å². The minimum atomic E-state index is -0.235. The molecule has 14 heavy (non-hydrogen) atoms. The Morgan fingerprint density at radius 3 is 2.64 bits per heavy atom. The molecule has 0 N–H and O–H groups in total. The third-order valence-electron chi connectivity index (χ3n) is 1.62. The van der Waals surface area contributed by atoms with Crippen molar-refractivity contribution in [3.8, 4) is 0 Å². The van der Waals surface area contributed by atoms with E-state index >= 15 is 0 Å². The highest BCUT2D eigenvalue weighted by Gasteiger charge is 2.18. The molecule has 1 rings (SSSR count). The molecule has 0 bridgehead atoms. The van der Waals surface area contributed by atoms with Crippen molar-refractivity contribution in [3.05, 3.63) is 33.3 Å². The summed E-state index contributed by atoms with van der Waals surface area (Å²) < 4.78 is 0.865. The largest absolute Gasteiger partial charge is 0.293 e. The highest BCUT2D eigenvalue weighted by Crippen LogP contribution is 2.24.